The number of carbonyl (C=O) groups is 1. The van der Waals surface area contributed by atoms with Gasteiger partial charge in [-0.2, -0.15) is 0 Å². The van der Waals surface area contributed by atoms with E-state index in [4.69, 9.17) is 15.2 Å². The van der Waals surface area contributed by atoms with E-state index in [9.17, 15) is 4.79 Å². The minimum absolute atomic E-state index is 0. The maximum absolute atomic E-state index is 12.4. The molecule has 0 aliphatic carbocycles. The molecule has 0 saturated carbocycles. The average molecular weight is 387 g/mol. The molecule has 0 bridgehead atoms. The maximum Gasteiger partial charge on any atom is 0.223 e. The van der Waals surface area contributed by atoms with Gasteiger partial charge in [-0.25, -0.2) is 0 Å². The Balaban J connectivity index is 0.00000225. The van der Waals surface area contributed by atoms with Gasteiger partial charge in [0.05, 0.1) is 13.2 Å². The lowest BCUT2D eigenvalue weighted by Crippen LogP contribution is -2.34. The minimum Gasteiger partial charge on any atom is -0.490 e. The van der Waals surface area contributed by atoms with Crippen molar-refractivity contribution in [3.8, 4) is 11.5 Å². The lowest BCUT2D eigenvalue weighted by Gasteiger charge is -2.21. The van der Waals surface area contributed by atoms with Crippen molar-refractivity contribution in [3.05, 3.63) is 18.2 Å². The number of hydrogen-bond acceptors (Lipinski definition) is 5. The first-order chi connectivity index (χ1) is 11.7. The summed E-state index contributed by atoms with van der Waals surface area (Å²) in [5, 5.41) is 0. The van der Waals surface area contributed by atoms with E-state index >= 15 is 0 Å². The van der Waals surface area contributed by atoms with E-state index in [1.807, 2.05) is 23.1 Å². The molecule has 1 aromatic rings. The van der Waals surface area contributed by atoms with E-state index in [-0.39, 0.29) is 18.3 Å². The van der Waals surface area contributed by atoms with Gasteiger partial charge in [-0.15, -0.1) is 24.2 Å². The fourth-order valence-corrected chi connectivity index (χ4v) is 4.16. The highest BCUT2D eigenvalue weighted by molar-refractivity contribution is 7.99. The number of amides is 1. The smallest absolute Gasteiger partial charge is 0.223 e. The molecule has 2 heterocycles. The molecule has 2 N–H and O–H groups in total. The Kier molecular flexibility index (Phi) is 7.72. The van der Waals surface area contributed by atoms with Gasteiger partial charge in [0.2, 0.25) is 5.91 Å². The molecule has 1 fully saturated rings. The molecule has 0 aromatic heterocycles. The van der Waals surface area contributed by atoms with Crippen LogP contribution in [0.1, 0.15) is 26.2 Å². The van der Waals surface area contributed by atoms with Gasteiger partial charge >= 0.3 is 0 Å². The van der Waals surface area contributed by atoms with Crippen molar-refractivity contribution in [1.29, 1.82) is 0 Å². The standard InChI is InChI=1S/C18H26N2O3S.ClH/c1-13-9-14(11-19)12-20(13)18(21)5-8-24-15-3-4-16-17(10-15)23-7-2-6-22-16;/h3-4,10,13-14H,2,5-9,11-12,19H2,1H3;1H. The predicted molar refractivity (Wildman–Crippen MR) is 103 cm³/mol. The minimum atomic E-state index is 0. The Bertz CT molecular complexity index is 587. The van der Waals surface area contributed by atoms with Crippen molar-refractivity contribution in [2.75, 3.05) is 32.1 Å². The molecule has 140 valence electrons. The van der Waals surface area contributed by atoms with Gasteiger partial charge in [-0.05, 0) is 44.0 Å². The summed E-state index contributed by atoms with van der Waals surface area (Å²) in [4.78, 5) is 15.5. The van der Waals surface area contributed by atoms with Crippen molar-refractivity contribution < 1.29 is 14.3 Å². The normalized spacial score (nSPS) is 22.2. The summed E-state index contributed by atoms with van der Waals surface area (Å²) in [6.45, 7) is 4.98. The number of rotatable bonds is 5. The molecule has 7 heteroatoms. The second-order valence-corrected chi connectivity index (χ2v) is 7.66. The number of likely N-dealkylation sites (tertiary alicyclic amines) is 1. The zero-order chi connectivity index (χ0) is 16.9. The Morgan fingerprint density at radius 3 is 2.80 bits per heavy atom. The number of benzene rings is 1. The zero-order valence-electron chi connectivity index (χ0n) is 14.6. The van der Waals surface area contributed by atoms with Crippen LogP contribution < -0.4 is 15.2 Å². The number of halogens is 1. The number of carbonyl (C=O) groups excluding carboxylic acids is 1. The first-order valence-corrected chi connectivity index (χ1v) is 9.68. The van der Waals surface area contributed by atoms with Gasteiger partial charge in [-0.3, -0.25) is 4.79 Å². The van der Waals surface area contributed by atoms with Gasteiger partial charge < -0.3 is 20.1 Å². The molecule has 1 saturated heterocycles. The van der Waals surface area contributed by atoms with Crippen molar-refractivity contribution in [1.82, 2.24) is 4.90 Å². The van der Waals surface area contributed by atoms with E-state index in [0.29, 0.717) is 38.1 Å². The van der Waals surface area contributed by atoms with Gasteiger partial charge in [0.15, 0.2) is 11.5 Å². The van der Waals surface area contributed by atoms with Crippen molar-refractivity contribution in [3.63, 3.8) is 0 Å². The summed E-state index contributed by atoms with van der Waals surface area (Å²) < 4.78 is 11.4. The molecule has 2 aliphatic rings. The molecule has 1 aromatic carbocycles. The first kappa shape index (κ1) is 20.2. The Hall–Kier alpha value is -1.11. The molecule has 1 amide bonds. The van der Waals surface area contributed by atoms with Crippen molar-refractivity contribution in [2.24, 2.45) is 11.7 Å². The van der Waals surface area contributed by atoms with E-state index in [1.165, 1.54) is 0 Å². The monoisotopic (exact) mass is 386 g/mol. The zero-order valence-corrected chi connectivity index (χ0v) is 16.2. The molecule has 25 heavy (non-hydrogen) atoms. The number of hydrogen-bond donors (Lipinski definition) is 1. The SMILES string of the molecule is CC1CC(CN)CN1C(=O)CCSc1ccc2c(c1)OCCCO2.Cl. The van der Waals surface area contributed by atoms with Crippen LogP contribution in [-0.2, 0) is 4.79 Å². The van der Waals surface area contributed by atoms with Crippen LogP contribution in [0.4, 0.5) is 0 Å². The fourth-order valence-electron chi connectivity index (χ4n) is 3.29. The molecule has 0 spiro atoms. The van der Waals surface area contributed by atoms with Gasteiger partial charge in [0.1, 0.15) is 0 Å². The molecular formula is C18H27ClN2O3S. The topological polar surface area (TPSA) is 64.8 Å². The molecular weight excluding hydrogens is 360 g/mol. The second kappa shape index (κ2) is 9.55. The summed E-state index contributed by atoms with van der Waals surface area (Å²) >= 11 is 1.69. The van der Waals surface area contributed by atoms with Crippen LogP contribution >= 0.6 is 24.2 Å². The fraction of sp³-hybridized carbons (Fsp3) is 0.611. The second-order valence-electron chi connectivity index (χ2n) is 6.49. The summed E-state index contributed by atoms with van der Waals surface area (Å²) in [7, 11) is 0. The lowest BCUT2D eigenvalue weighted by molar-refractivity contribution is -0.131. The molecule has 2 unspecified atom stereocenters. The Labute approximate surface area is 160 Å². The van der Waals surface area contributed by atoms with E-state index in [0.717, 1.165) is 41.5 Å². The van der Waals surface area contributed by atoms with E-state index in [2.05, 4.69) is 6.92 Å². The Morgan fingerprint density at radius 2 is 2.08 bits per heavy atom. The molecule has 2 aliphatic heterocycles. The predicted octanol–water partition coefficient (Wildman–Crippen LogP) is 2.95. The summed E-state index contributed by atoms with van der Waals surface area (Å²) in [5.74, 6) is 3.09. The number of nitrogens with two attached hydrogens (primary N) is 1. The quantitative estimate of drug-likeness (QED) is 0.788. The van der Waals surface area contributed by atoms with Crippen LogP contribution in [0.2, 0.25) is 0 Å². The average Bonchev–Trinajstić information content (AvgIpc) is 2.81. The molecule has 2 atom stereocenters. The van der Waals surface area contributed by atoms with Crippen molar-refractivity contribution in [2.45, 2.75) is 37.1 Å². The number of nitrogens with zero attached hydrogens (tertiary/aromatic N) is 1. The van der Waals surface area contributed by atoms with Crippen LogP contribution in [-0.4, -0.2) is 48.9 Å². The van der Waals surface area contributed by atoms with E-state index in [1.54, 1.807) is 11.8 Å². The van der Waals surface area contributed by atoms with Gasteiger partial charge in [0.25, 0.3) is 0 Å². The van der Waals surface area contributed by atoms with Crippen LogP contribution in [0.15, 0.2) is 23.1 Å². The van der Waals surface area contributed by atoms with Crippen LogP contribution in [0.3, 0.4) is 0 Å². The van der Waals surface area contributed by atoms with Gasteiger partial charge in [0, 0.05) is 36.1 Å². The summed E-state index contributed by atoms with van der Waals surface area (Å²) in [6.07, 6.45) is 2.49. The van der Waals surface area contributed by atoms with E-state index < -0.39 is 0 Å². The summed E-state index contributed by atoms with van der Waals surface area (Å²) in [6, 6.07) is 6.32. The third-order valence-corrected chi connectivity index (χ3v) is 5.61. The molecule has 5 nitrogen and oxygen atoms in total. The number of fused-ring (bicyclic) bond motifs is 1. The lowest BCUT2D eigenvalue weighted by atomic mass is 10.1. The molecule has 0 radical (unpaired) electrons. The number of thioether (sulfide) groups is 1. The largest absolute Gasteiger partial charge is 0.490 e. The van der Waals surface area contributed by atoms with Crippen LogP contribution in [0, 0.1) is 5.92 Å². The highest BCUT2D eigenvalue weighted by atomic mass is 35.5. The highest BCUT2D eigenvalue weighted by Crippen LogP contribution is 2.34. The highest BCUT2D eigenvalue weighted by Gasteiger charge is 2.31. The maximum atomic E-state index is 12.4. The third kappa shape index (κ3) is 5.19. The Morgan fingerprint density at radius 1 is 1.32 bits per heavy atom. The van der Waals surface area contributed by atoms with Crippen LogP contribution in [0.5, 0.6) is 11.5 Å². The third-order valence-electron chi connectivity index (χ3n) is 4.62. The summed E-state index contributed by atoms with van der Waals surface area (Å²) in [5.41, 5.74) is 5.74. The van der Waals surface area contributed by atoms with Crippen LogP contribution in [0.25, 0.3) is 0 Å². The molecule has 3 rings (SSSR count). The number of ether oxygens (including phenoxy) is 2. The first-order valence-electron chi connectivity index (χ1n) is 8.69. The van der Waals surface area contributed by atoms with Gasteiger partial charge in [-0.1, -0.05) is 0 Å². The van der Waals surface area contributed by atoms with Crippen molar-refractivity contribution >= 4 is 30.1 Å².